The van der Waals surface area contributed by atoms with Crippen molar-refractivity contribution in [2.45, 2.75) is 32.0 Å². The van der Waals surface area contributed by atoms with Crippen LogP contribution in [0.5, 0.6) is 0 Å². The number of thioether (sulfide) groups is 1. The number of carbonyl (C=O) groups excluding carboxylic acids is 2. The molecular weight excluding hydrogens is 586 g/mol. The highest BCUT2D eigenvalue weighted by molar-refractivity contribution is 9.10. The molecule has 3 aromatic carbocycles. The fraction of sp³-hybridized carbons (Fsp3) is 0.214. The van der Waals surface area contributed by atoms with Crippen LogP contribution in [0.1, 0.15) is 32.9 Å². The highest BCUT2D eigenvalue weighted by Gasteiger charge is 2.25. The molecule has 1 N–H and O–H groups in total. The van der Waals surface area contributed by atoms with Gasteiger partial charge in [0.2, 0.25) is 5.91 Å². The lowest BCUT2D eigenvalue weighted by atomic mass is 10.1. The van der Waals surface area contributed by atoms with Crippen molar-refractivity contribution in [3.8, 4) is 5.69 Å². The molecule has 2 amide bonds. The summed E-state index contributed by atoms with van der Waals surface area (Å²) in [5, 5.41) is 12.7. The van der Waals surface area contributed by atoms with Crippen molar-refractivity contribution < 1.29 is 9.59 Å². The van der Waals surface area contributed by atoms with Crippen LogP contribution in [0.25, 0.3) is 5.69 Å². The molecule has 0 saturated heterocycles. The molecule has 0 fully saturated rings. The van der Waals surface area contributed by atoms with Crippen LogP contribution in [0.4, 0.5) is 5.69 Å². The van der Waals surface area contributed by atoms with E-state index in [0.29, 0.717) is 28.1 Å². The molecule has 1 aliphatic rings. The van der Waals surface area contributed by atoms with E-state index >= 15 is 0 Å². The standard InChI is InChI=1S/C28H25BrClN5O2S/c1-17-7-8-18(2)24(13-17)35-25(15-31-27(37)21-14-20(29)9-10-22(21)30)32-33-28(35)38-16-26(36)34-12-11-19-5-3-4-6-23(19)34/h3-10,13-14H,11-12,15-16H2,1-2H3,(H,31,37). The largest absolute Gasteiger partial charge is 0.345 e. The van der Waals surface area contributed by atoms with E-state index in [1.165, 1.54) is 17.3 Å². The summed E-state index contributed by atoms with van der Waals surface area (Å²) >= 11 is 11.0. The Balaban J connectivity index is 1.39. The molecule has 7 nitrogen and oxygen atoms in total. The molecule has 0 aliphatic carbocycles. The fourth-order valence-corrected chi connectivity index (χ4v) is 5.84. The number of rotatable bonds is 7. The normalized spacial score (nSPS) is 12.5. The van der Waals surface area contributed by atoms with E-state index in [4.69, 9.17) is 11.6 Å². The van der Waals surface area contributed by atoms with E-state index in [9.17, 15) is 9.59 Å². The third-order valence-electron chi connectivity index (χ3n) is 6.40. The average Bonchev–Trinajstić information content (AvgIpc) is 3.53. The number of anilines is 1. The molecule has 0 saturated carbocycles. The van der Waals surface area contributed by atoms with Gasteiger partial charge in [-0.15, -0.1) is 10.2 Å². The van der Waals surface area contributed by atoms with E-state index in [2.05, 4.69) is 43.6 Å². The second-order valence-electron chi connectivity index (χ2n) is 9.04. The van der Waals surface area contributed by atoms with Crippen molar-refractivity contribution >= 4 is 56.8 Å². The number of nitrogens with one attached hydrogen (secondary N) is 1. The third-order valence-corrected chi connectivity index (χ3v) is 8.14. The molecule has 2 heterocycles. The predicted octanol–water partition coefficient (Wildman–Crippen LogP) is 5.91. The van der Waals surface area contributed by atoms with E-state index in [-0.39, 0.29) is 24.1 Å². The monoisotopic (exact) mass is 609 g/mol. The van der Waals surface area contributed by atoms with Gasteiger partial charge in [0.05, 0.1) is 28.6 Å². The van der Waals surface area contributed by atoms with Crippen molar-refractivity contribution in [1.29, 1.82) is 0 Å². The third kappa shape index (κ3) is 5.50. The lowest BCUT2D eigenvalue weighted by Crippen LogP contribution is -2.30. The summed E-state index contributed by atoms with van der Waals surface area (Å²) in [6.07, 6.45) is 0.858. The maximum absolute atomic E-state index is 13.2. The summed E-state index contributed by atoms with van der Waals surface area (Å²) in [4.78, 5) is 27.9. The number of benzene rings is 3. The maximum Gasteiger partial charge on any atom is 0.253 e. The van der Waals surface area contributed by atoms with Gasteiger partial charge in [-0.3, -0.25) is 14.2 Å². The Morgan fingerprint density at radius 1 is 1.05 bits per heavy atom. The van der Waals surface area contributed by atoms with E-state index in [1.54, 1.807) is 18.2 Å². The summed E-state index contributed by atoms with van der Waals surface area (Å²) in [5.74, 6) is 0.482. The minimum absolute atomic E-state index is 0.0228. The topological polar surface area (TPSA) is 80.1 Å². The predicted molar refractivity (Wildman–Crippen MR) is 154 cm³/mol. The van der Waals surface area contributed by atoms with Gasteiger partial charge in [0.25, 0.3) is 5.91 Å². The zero-order valence-electron chi connectivity index (χ0n) is 20.9. The molecule has 10 heteroatoms. The Morgan fingerprint density at radius 2 is 1.87 bits per heavy atom. The Kier molecular flexibility index (Phi) is 7.88. The SMILES string of the molecule is Cc1ccc(C)c(-n2c(CNC(=O)c3cc(Br)ccc3Cl)nnc2SCC(=O)N2CCc3ccccc32)c1. The Bertz CT molecular complexity index is 1540. The second kappa shape index (κ2) is 11.3. The van der Waals surface area contributed by atoms with Gasteiger partial charge in [-0.2, -0.15) is 0 Å². The first kappa shape index (κ1) is 26.5. The Labute approximate surface area is 238 Å². The van der Waals surface area contributed by atoms with Crippen LogP contribution in [0.3, 0.4) is 0 Å². The first-order valence-corrected chi connectivity index (χ1v) is 14.2. The highest BCUT2D eigenvalue weighted by Crippen LogP contribution is 2.30. The number of halogens is 2. The first-order valence-electron chi connectivity index (χ1n) is 12.1. The molecule has 0 radical (unpaired) electrons. The molecule has 4 aromatic rings. The lowest BCUT2D eigenvalue weighted by molar-refractivity contribution is -0.116. The van der Waals surface area contributed by atoms with Crippen LogP contribution in [0.2, 0.25) is 5.02 Å². The van der Waals surface area contributed by atoms with E-state index < -0.39 is 0 Å². The van der Waals surface area contributed by atoms with Crippen molar-refractivity contribution in [2.75, 3.05) is 17.2 Å². The molecule has 38 heavy (non-hydrogen) atoms. The number of carbonyl (C=O) groups is 2. The molecule has 0 atom stereocenters. The van der Waals surface area contributed by atoms with Crippen LogP contribution < -0.4 is 10.2 Å². The number of para-hydroxylation sites is 1. The summed E-state index contributed by atoms with van der Waals surface area (Å²) in [7, 11) is 0. The van der Waals surface area contributed by atoms with Crippen molar-refractivity contribution in [1.82, 2.24) is 20.1 Å². The molecule has 194 valence electrons. The van der Waals surface area contributed by atoms with Crippen LogP contribution >= 0.6 is 39.3 Å². The lowest BCUT2D eigenvalue weighted by Gasteiger charge is -2.17. The molecule has 0 unspecified atom stereocenters. The van der Waals surface area contributed by atoms with Gasteiger partial charge in [-0.05, 0) is 67.3 Å². The van der Waals surface area contributed by atoms with Crippen molar-refractivity contribution in [3.63, 3.8) is 0 Å². The summed E-state index contributed by atoms with van der Waals surface area (Å²) < 4.78 is 2.68. The molecule has 0 spiro atoms. The van der Waals surface area contributed by atoms with Crippen molar-refractivity contribution in [2.24, 2.45) is 0 Å². The second-order valence-corrected chi connectivity index (χ2v) is 11.3. The molecule has 1 aromatic heterocycles. The fourth-order valence-electron chi connectivity index (χ4n) is 4.44. The molecular formula is C28H25BrClN5O2S. The summed E-state index contributed by atoms with van der Waals surface area (Å²) in [5.41, 5.74) is 5.54. The highest BCUT2D eigenvalue weighted by atomic mass is 79.9. The van der Waals surface area contributed by atoms with Gasteiger partial charge < -0.3 is 10.2 Å². The van der Waals surface area contributed by atoms with Gasteiger partial charge in [-0.25, -0.2) is 0 Å². The average molecular weight is 611 g/mol. The molecule has 5 rings (SSSR count). The first-order chi connectivity index (χ1) is 18.3. The maximum atomic E-state index is 13.2. The number of aryl methyl sites for hydroxylation is 2. The minimum Gasteiger partial charge on any atom is -0.345 e. The van der Waals surface area contributed by atoms with Crippen molar-refractivity contribution in [3.05, 3.63) is 98.2 Å². The number of hydrogen-bond acceptors (Lipinski definition) is 5. The van der Waals surface area contributed by atoms with Gasteiger partial charge >= 0.3 is 0 Å². The summed E-state index contributed by atoms with van der Waals surface area (Å²) in [6, 6.07) is 19.3. The van der Waals surface area contributed by atoms with Gasteiger partial charge in [0.15, 0.2) is 11.0 Å². The zero-order valence-corrected chi connectivity index (χ0v) is 24.0. The Hall–Kier alpha value is -3.14. The van der Waals surface area contributed by atoms with E-state index in [0.717, 1.165) is 33.4 Å². The van der Waals surface area contributed by atoms with Gasteiger partial charge in [0, 0.05) is 16.7 Å². The van der Waals surface area contributed by atoms with E-state index in [1.807, 2.05) is 53.6 Å². The zero-order chi connectivity index (χ0) is 26.8. The number of hydrogen-bond donors (Lipinski definition) is 1. The molecule has 1 aliphatic heterocycles. The number of aromatic nitrogens is 3. The van der Waals surface area contributed by atoms with Crippen LogP contribution in [0.15, 0.2) is 70.3 Å². The molecule has 0 bridgehead atoms. The number of nitrogens with zero attached hydrogens (tertiary/aromatic N) is 4. The van der Waals surface area contributed by atoms with Gasteiger partial charge in [0.1, 0.15) is 0 Å². The van der Waals surface area contributed by atoms with Gasteiger partial charge in [-0.1, -0.05) is 69.6 Å². The number of fused-ring (bicyclic) bond motifs is 1. The quantitative estimate of drug-likeness (QED) is 0.263. The Morgan fingerprint density at radius 3 is 2.71 bits per heavy atom. The minimum atomic E-state index is -0.316. The van der Waals surface area contributed by atoms with Crippen LogP contribution in [-0.2, 0) is 17.8 Å². The number of amides is 2. The smallest absolute Gasteiger partial charge is 0.253 e. The van der Waals surface area contributed by atoms with Crippen LogP contribution in [-0.4, -0.2) is 38.9 Å². The summed E-state index contributed by atoms with van der Waals surface area (Å²) in [6.45, 7) is 4.85. The van der Waals surface area contributed by atoms with Crippen LogP contribution in [0, 0.1) is 13.8 Å².